The first-order valence-corrected chi connectivity index (χ1v) is 13.5. The highest BCUT2D eigenvalue weighted by Gasteiger charge is 2.21. The van der Waals surface area contributed by atoms with Crippen LogP contribution in [0.3, 0.4) is 0 Å². The van der Waals surface area contributed by atoms with Gasteiger partial charge in [0.25, 0.3) is 0 Å². The highest BCUT2D eigenvalue weighted by atomic mass is 32.1. The van der Waals surface area contributed by atoms with Crippen molar-refractivity contribution in [2.75, 3.05) is 45.9 Å². The van der Waals surface area contributed by atoms with Crippen molar-refractivity contribution in [3.8, 4) is 36.4 Å². The SMILES string of the molecule is COC(=O)COc1cc(-c2ccc(-c3ccc(-c4ccccc4)s3)s2)ccc1N(CC(=O)OC)CC(=O)OC. The predicted molar refractivity (Wildman–Crippen MR) is 152 cm³/mol. The lowest BCUT2D eigenvalue weighted by atomic mass is 10.1. The van der Waals surface area contributed by atoms with Crippen LogP contribution in [0.1, 0.15) is 0 Å². The molecule has 0 atom stereocenters. The molecule has 39 heavy (non-hydrogen) atoms. The smallest absolute Gasteiger partial charge is 0.343 e. The summed E-state index contributed by atoms with van der Waals surface area (Å²) in [5, 5.41) is 0. The molecule has 2 heterocycles. The molecule has 0 unspecified atom stereocenters. The molecule has 0 spiro atoms. The Morgan fingerprint density at radius 3 is 1.74 bits per heavy atom. The fourth-order valence-electron chi connectivity index (χ4n) is 3.76. The summed E-state index contributed by atoms with van der Waals surface area (Å²) < 4.78 is 20.1. The van der Waals surface area contributed by atoms with Crippen LogP contribution in [0.4, 0.5) is 5.69 Å². The Bertz CT molecular complexity index is 1430. The number of benzene rings is 2. The predicted octanol–water partition coefficient (Wildman–Crippen LogP) is 5.51. The van der Waals surface area contributed by atoms with Crippen molar-refractivity contribution < 1.29 is 33.3 Å². The third-order valence-corrected chi connectivity index (χ3v) is 8.23. The van der Waals surface area contributed by atoms with E-state index in [0.29, 0.717) is 11.4 Å². The number of carbonyl (C=O) groups excluding carboxylic acids is 3. The number of carbonyl (C=O) groups is 3. The third kappa shape index (κ3) is 7.04. The minimum Gasteiger partial charge on any atom is -0.480 e. The van der Waals surface area contributed by atoms with Gasteiger partial charge in [0, 0.05) is 19.5 Å². The summed E-state index contributed by atoms with van der Waals surface area (Å²) >= 11 is 3.36. The van der Waals surface area contributed by atoms with Crippen LogP contribution in [0, 0.1) is 0 Å². The van der Waals surface area contributed by atoms with Crippen molar-refractivity contribution in [3.63, 3.8) is 0 Å². The summed E-state index contributed by atoms with van der Waals surface area (Å²) in [5.41, 5.74) is 2.46. The van der Waals surface area contributed by atoms with E-state index in [0.717, 1.165) is 20.2 Å². The highest BCUT2D eigenvalue weighted by Crippen LogP contribution is 2.42. The Balaban J connectivity index is 1.66. The van der Waals surface area contributed by atoms with Gasteiger partial charge in [0.15, 0.2) is 6.61 Å². The molecule has 0 saturated heterocycles. The molecule has 0 amide bonds. The van der Waals surface area contributed by atoms with Gasteiger partial charge in [0.05, 0.1) is 27.0 Å². The number of methoxy groups -OCH3 is 3. The van der Waals surface area contributed by atoms with Gasteiger partial charge in [-0.05, 0) is 47.5 Å². The van der Waals surface area contributed by atoms with Gasteiger partial charge in [-0.15, -0.1) is 22.7 Å². The molecule has 0 fully saturated rings. The molecule has 0 N–H and O–H groups in total. The number of hydrogen-bond acceptors (Lipinski definition) is 10. The Hall–Kier alpha value is -4.15. The first-order chi connectivity index (χ1) is 18.9. The van der Waals surface area contributed by atoms with Crippen molar-refractivity contribution in [3.05, 3.63) is 72.8 Å². The lowest BCUT2D eigenvalue weighted by Crippen LogP contribution is -2.36. The van der Waals surface area contributed by atoms with Crippen LogP contribution in [-0.4, -0.2) is 58.9 Å². The molecule has 0 aliphatic carbocycles. The van der Waals surface area contributed by atoms with Crippen LogP contribution in [0.5, 0.6) is 5.75 Å². The summed E-state index contributed by atoms with van der Waals surface area (Å²) in [6.45, 7) is -0.778. The van der Waals surface area contributed by atoms with E-state index in [9.17, 15) is 14.4 Å². The molecule has 8 nitrogen and oxygen atoms in total. The minimum atomic E-state index is -0.566. The number of anilines is 1. The molecule has 0 aliphatic heterocycles. The van der Waals surface area contributed by atoms with Crippen LogP contribution in [0.15, 0.2) is 72.8 Å². The van der Waals surface area contributed by atoms with Crippen LogP contribution < -0.4 is 9.64 Å². The first-order valence-electron chi connectivity index (χ1n) is 11.9. The van der Waals surface area contributed by atoms with Crippen LogP contribution in [0.25, 0.3) is 30.6 Å². The first kappa shape index (κ1) is 27.9. The zero-order valence-electron chi connectivity index (χ0n) is 21.7. The van der Waals surface area contributed by atoms with Gasteiger partial charge in [-0.25, -0.2) is 4.79 Å². The molecule has 2 aromatic heterocycles. The maximum atomic E-state index is 12.1. The average Bonchev–Trinajstić information content (AvgIpc) is 3.66. The molecular weight excluding hydrogens is 538 g/mol. The van der Waals surface area contributed by atoms with E-state index in [1.807, 2.05) is 30.3 Å². The second kappa shape index (κ2) is 13.1. The van der Waals surface area contributed by atoms with Gasteiger partial charge >= 0.3 is 17.9 Å². The normalized spacial score (nSPS) is 10.5. The number of nitrogens with zero attached hydrogens (tertiary/aromatic N) is 1. The quantitative estimate of drug-likeness (QED) is 0.174. The van der Waals surface area contributed by atoms with E-state index in [1.54, 1.807) is 34.8 Å². The Morgan fingerprint density at radius 2 is 1.18 bits per heavy atom. The maximum Gasteiger partial charge on any atom is 0.343 e. The average molecular weight is 566 g/mol. The summed E-state index contributed by atoms with van der Waals surface area (Å²) in [7, 11) is 3.80. The number of hydrogen-bond donors (Lipinski definition) is 0. The monoisotopic (exact) mass is 565 g/mol. The van der Waals surface area contributed by atoms with Gasteiger partial charge in [0.2, 0.25) is 0 Å². The van der Waals surface area contributed by atoms with E-state index in [1.165, 1.54) is 36.7 Å². The van der Waals surface area contributed by atoms with E-state index in [-0.39, 0.29) is 19.7 Å². The number of ether oxygens (including phenoxy) is 4. The fraction of sp³-hybridized carbons (Fsp3) is 0.207. The second-order valence-electron chi connectivity index (χ2n) is 8.25. The van der Waals surface area contributed by atoms with E-state index in [2.05, 4.69) is 30.3 Å². The lowest BCUT2D eigenvalue weighted by molar-refractivity contribution is -0.143. The summed E-state index contributed by atoms with van der Waals surface area (Å²) in [6.07, 6.45) is 0. The lowest BCUT2D eigenvalue weighted by Gasteiger charge is -2.25. The van der Waals surface area contributed by atoms with Gasteiger partial charge in [-0.2, -0.15) is 0 Å². The molecule has 4 aromatic rings. The number of esters is 3. The largest absolute Gasteiger partial charge is 0.480 e. The van der Waals surface area contributed by atoms with Crippen LogP contribution in [-0.2, 0) is 28.6 Å². The molecule has 0 bridgehead atoms. The molecule has 4 rings (SSSR count). The van der Waals surface area contributed by atoms with E-state index in [4.69, 9.17) is 18.9 Å². The highest BCUT2D eigenvalue weighted by molar-refractivity contribution is 7.25. The maximum absolute atomic E-state index is 12.1. The summed E-state index contributed by atoms with van der Waals surface area (Å²) in [5.74, 6) is -1.35. The summed E-state index contributed by atoms with van der Waals surface area (Å²) in [6, 6.07) is 24.0. The van der Waals surface area contributed by atoms with Crippen molar-refractivity contribution in [2.24, 2.45) is 0 Å². The van der Waals surface area contributed by atoms with Crippen LogP contribution >= 0.6 is 22.7 Å². The Labute approximate surface area is 234 Å². The number of thiophene rings is 2. The van der Waals surface area contributed by atoms with Crippen molar-refractivity contribution >= 4 is 46.3 Å². The standard InChI is InChI=1S/C29H27NO7S2/c1-34-27(31)16-30(17-28(32)35-2)21-10-9-20(15-22(21)37-18-29(33)36-3)24-12-14-26(39-24)25-13-11-23(38-25)19-7-5-4-6-8-19/h4-15H,16-18H2,1-3H3. The third-order valence-electron chi connectivity index (χ3n) is 5.77. The van der Waals surface area contributed by atoms with Gasteiger partial charge in [-0.1, -0.05) is 36.4 Å². The molecule has 0 radical (unpaired) electrons. The van der Waals surface area contributed by atoms with Gasteiger partial charge < -0.3 is 23.8 Å². The fourth-order valence-corrected chi connectivity index (χ4v) is 5.86. The van der Waals surface area contributed by atoms with Crippen molar-refractivity contribution in [1.29, 1.82) is 0 Å². The van der Waals surface area contributed by atoms with E-state index >= 15 is 0 Å². The van der Waals surface area contributed by atoms with Crippen molar-refractivity contribution in [1.82, 2.24) is 0 Å². The Morgan fingerprint density at radius 1 is 0.641 bits per heavy atom. The number of rotatable bonds is 11. The molecule has 0 saturated carbocycles. The topological polar surface area (TPSA) is 91.4 Å². The van der Waals surface area contributed by atoms with E-state index < -0.39 is 17.9 Å². The zero-order chi connectivity index (χ0) is 27.8. The zero-order valence-corrected chi connectivity index (χ0v) is 23.3. The van der Waals surface area contributed by atoms with Crippen molar-refractivity contribution in [2.45, 2.75) is 0 Å². The molecule has 10 heteroatoms. The van der Waals surface area contributed by atoms with Crippen LogP contribution in [0.2, 0.25) is 0 Å². The van der Waals surface area contributed by atoms with Gasteiger partial charge in [0.1, 0.15) is 18.8 Å². The molecule has 202 valence electrons. The molecular formula is C29H27NO7S2. The summed E-state index contributed by atoms with van der Waals surface area (Å²) in [4.78, 5) is 41.9. The van der Waals surface area contributed by atoms with Gasteiger partial charge in [-0.3, -0.25) is 9.59 Å². The molecule has 0 aliphatic rings. The minimum absolute atomic E-state index is 0.217. The molecule has 2 aromatic carbocycles. The Kier molecular flexibility index (Phi) is 9.35. The second-order valence-corrected chi connectivity index (χ2v) is 10.4.